The number of hydrogen-bond donors (Lipinski definition) is 0. The Morgan fingerprint density at radius 3 is 0.333 bits per heavy atom. The first kappa shape index (κ1) is 89.6. The zero-order valence-electron chi connectivity index (χ0n) is 4.61. The molecule has 0 aromatic heterocycles. The van der Waals surface area contributed by atoms with Crippen LogP contribution in [0.5, 0.6) is 0 Å². The molecule has 0 heterocycles. The van der Waals surface area contributed by atoms with E-state index in [9.17, 15) is 0 Å². The van der Waals surface area contributed by atoms with Gasteiger partial charge in [-0.1, -0.05) is 0 Å². The Labute approximate surface area is 173 Å². The molecule has 0 aromatic carbocycles. The Kier molecular flexibility index (Phi) is 709. The van der Waals surface area contributed by atoms with Gasteiger partial charge < -0.3 is 67.5 Å². The van der Waals surface area contributed by atoms with Crippen LogP contribution in [-0.4, -0.2) is 110 Å². The maximum Gasteiger partial charge on any atom is 3.00 e. The molecule has 0 unspecified atom stereocenters. The van der Waals surface area contributed by atoms with Crippen LogP contribution in [0.15, 0.2) is 0 Å². The van der Waals surface area contributed by atoms with E-state index in [-0.39, 0.29) is 178 Å². The molecule has 0 saturated carbocycles. The summed E-state index contributed by atoms with van der Waals surface area (Å²) in [7, 11) is 0. The van der Waals surface area contributed by atoms with Crippen molar-refractivity contribution in [3.8, 4) is 0 Å². The second kappa shape index (κ2) is 71.3. The van der Waals surface area contributed by atoms with Crippen molar-refractivity contribution in [2.24, 2.45) is 0 Å². The molecule has 0 aliphatic rings. The van der Waals surface area contributed by atoms with E-state index in [1.807, 2.05) is 0 Å². The average Bonchev–Trinajstić information content (AvgIpc) is 0. The van der Waals surface area contributed by atoms with Crippen LogP contribution < -0.4 is 0 Å². The van der Waals surface area contributed by atoms with Crippen LogP contribution in [0.3, 0.4) is 0 Å². The fraction of sp³-hybridized carbons (Fsp3) is 0. The van der Waals surface area contributed by atoms with Crippen molar-refractivity contribution in [2.75, 3.05) is 0 Å². The summed E-state index contributed by atoms with van der Waals surface area (Å²) in [5.41, 5.74) is 0. The summed E-state index contributed by atoms with van der Waals surface area (Å²) < 4.78 is 0. The molecule has 40 valence electrons. The van der Waals surface area contributed by atoms with Crippen molar-refractivity contribution in [1.29, 1.82) is 0 Å². The zero-order chi connectivity index (χ0) is 0. The molecular weight excluding hydrogens is 294 g/mol. The van der Waals surface area contributed by atoms with Crippen molar-refractivity contribution in [1.82, 2.24) is 0 Å². The maximum atomic E-state index is 0. The van der Waals surface area contributed by atoms with Crippen LogP contribution in [0.1, 0.15) is 0 Å². The van der Waals surface area contributed by atoms with Crippen molar-refractivity contribution in [3.05, 3.63) is 0 Å². The normalized spacial score (nSPS) is 0. The van der Waals surface area contributed by atoms with E-state index in [1.165, 1.54) is 0 Å². The van der Waals surface area contributed by atoms with Crippen molar-refractivity contribution < 1.29 is 0 Å². The van der Waals surface area contributed by atoms with Gasteiger partial charge in [0, 0.05) is 0 Å². The van der Waals surface area contributed by atoms with Crippen LogP contribution in [0, 0.1) is 0 Å². The van der Waals surface area contributed by atoms with Gasteiger partial charge in [-0.15, -0.1) is 0 Å². The summed E-state index contributed by atoms with van der Waals surface area (Å²) in [6, 6.07) is 0. The van der Waals surface area contributed by atoms with Crippen molar-refractivity contribution in [3.63, 3.8) is 0 Å². The first-order chi connectivity index (χ1) is 0. The van der Waals surface area contributed by atoms with Gasteiger partial charge in [0.25, 0.3) is 0 Å². The van der Waals surface area contributed by atoms with Crippen LogP contribution in [-0.2, 0) is 67.5 Å². The molecule has 0 N–H and O–H groups in total. The smallest absolute Gasteiger partial charge is 2.00 e. The predicted octanol–water partition coefficient (Wildman–Crippen LogP) is -1.54. The average molecular weight is 294 g/mol. The summed E-state index contributed by atoms with van der Waals surface area (Å²) in [6.45, 7) is 0. The minimum absolute atomic E-state index is 0. The van der Waals surface area contributed by atoms with Crippen LogP contribution in [0.2, 0.25) is 0 Å². The summed E-state index contributed by atoms with van der Waals surface area (Å²) in [4.78, 5) is 0. The Bertz CT molecular complexity index is 12.9. The van der Waals surface area contributed by atoms with Gasteiger partial charge in [-0.25, -0.2) is 0 Å². The number of hydrogen-bond acceptors (Lipinski definition) is 0. The molecule has 0 nitrogen and oxygen atoms in total. The first-order valence-corrected chi connectivity index (χ1v) is 0. The molecule has 0 aromatic rings. The van der Waals surface area contributed by atoms with E-state index in [0.29, 0.717) is 0 Å². The quantitative estimate of drug-likeness (QED) is 0.475. The fourth-order valence-corrected chi connectivity index (χ4v) is 0. The maximum absolute atomic E-state index is 0. The summed E-state index contributed by atoms with van der Waals surface area (Å²) in [5.74, 6) is 0. The Morgan fingerprint density at radius 2 is 0.333 bits per heavy atom. The Hall–Kier alpha value is 5.33. The van der Waals surface area contributed by atoms with Gasteiger partial charge in [-0.3, -0.25) is 0 Å². The topological polar surface area (TPSA) is 0 Å². The zero-order valence-corrected chi connectivity index (χ0v) is 15.4. The summed E-state index contributed by atoms with van der Waals surface area (Å²) in [6.07, 6.45) is 0. The number of rotatable bonds is 0. The van der Waals surface area contributed by atoms with Crippen LogP contribution >= 0.6 is 0 Å². The van der Waals surface area contributed by atoms with Gasteiger partial charge >= 0.3 is 110 Å². The molecule has 0 rings (SSSR count). The Morgan fingerprint density at radius 1 is 0.333 bits per heavy atom. The molecular formula is Al2Ca2S5. The van der Waals surface area contributed by atoms with Crippen molar-refractivity contribution >= 4 is 178 Å². The van der Waals surface area contributed by atoms with Gasteiger partial charge in [-0.05, 0) is 0 Å². The van der Waals surface area contributed by atoms with Gasteiger partial charge in [0.15, 0.2) is 0 Å². The Balaban J connectivity index is 0. The molecule has 9 heteroatoms. The minimum atomic E-state index is 0. The SMILES string of the molecule is [Al+3].[Al+3].[Ca+2].[Ca+2].[S-2].[S-2].[S-2].[S-2].[S-2]. The second-order valence-corrected chi connectivity index (χ2v) is 0. The van der Waals surface area contributed by atoms with Crippen molar-refractivity contribution in [2.45, 2.75) is 0 Å². The van der Waals surface area contributed by atoms with E-state index >= 15 is 0 Å². The molecule has 0 atom stereocenters. The van der Waals surface area contributed by atoms with E-state index in [1.54, 1.807) is 0 Å². The van der Waals surface area contributed by atoms with E-state index in [4.69, 9.17) is 0 Å². The molecule has 9 heavy (non-hydrogen) atoms. The molecule has 0 aliphatic heterocycles. The molecule has 0 amide bonds. The largest absolute Gasteiger partial charge is 3.00 e. The third kappa shape index (κ3) is 60.2. The van der Waals surface area contributed by atoms with E-state index < -0.39 is 0 Å². The summed E-state index contributed by atoms with van der Waals surface area (Å²) >= 11 is 0. The summed E-state index contributed by atoms with van der Waals surface area (Å²) in [5, 5.41) is 0. The molecule has 0 spiro atoms. The van der Waals surface area contributed by atoms with E-state index in [0.717, 1.165) is 0 Å². The first-order valence-electron chi connectivity index (χ1n) is 0. The second-order valence-electron chi connectivity index (χ2n) is 0. The third-order valence-electron chi connectivity index (χ3n) is 0. The van der Waals surface area contributed by atoms with E-state index in [2.05, 4.69) is 0 Å². The molecule has 0 fully saturated rings. The molecule has 0 bridgehead atoms. The minimum Gasteiger partial charge on any atom is -2.00 e. The molecule has 0 saturated heterocycles. The van der Waals surface area contributed by atoms with Crippen LogP contribution in [0.4, 0.5) is 0 Å². The van der Waals surface area contributed by atoms with Gasteiger partial charge in [0.05, 0.1) is 0 Å². The molecule has 0 aliphatic carbocycles. The standard InChI is InChI=1S/2Al.2Ca.5S/q2*+3;2*+2;5*-2. The fourth-order valence-electron chi connectivity index (χ4n) is 0. The predicted molar refractivity (Wildman–Crippen MR) is 59.8 cm³/mol. The molecule has 0 radical (unpaired) electrons. The third-order valence-corrected chi connectivity index (χ3v) is 0. The van der Waals surface area contributed by atoms with Gasteiger partial charge in [0.1, 0.15) is 0 Å². The van der Waals surface area contributed by atoms with Gasteiger partial charge in [-0.2, -0.15) is 0 Å². The monoisotopic (exact) mass is 294 g/mol. The van der Waals surface area contributed by atoms with Crippen LogP contribution in [0.25, 0.3) is 0 Å². The van der Waals surface area contributed by atoms with Gasteiger partial charge in [0.2, 0.25) is 0 Å².